The molecule has 0 unspecified atom stereocenters. The fraction of sp³-hybridized carbons (Fsp3) is 0.0500. The molecule has 4 rings (SSSR count). The number of fused-ring (bicyclic) bond motifs is 2. The van der Waals surface area contributed by atoms with E-state index in [2.05, 4.69) is 10.0 Å². The molecule has 0 spiro atoms. The van der Waals surface area contributed by atoms with Crippen molar-refractivity contribution in [3.8, 4) is 11.5 Å². The summed E-state index contributed by atoms with van der Waals surface area (Å²) in [5.41, 5.74) is 1.37. The Kier molecular flexibility index (Phi) is 4.90. The second kappa shape index (κ2) is 7.26. The monoisotopic (exact) mass is 448 g/mol. The lowest BCUT2D eigenvalue weighted by atomic mass is 10.1. The standard InChI is InChI=1S/C20H14Cl2N2O4S/c1-11-2-3-13(22)9-19(11)29(26,27)24-14-5-7-17-15(10-14)20(25)23-16-8-12(21)4-6-18(16)28-17/h2-10,24H,1H3,(H,23,25). The molecule has 3 aromatic rings. The quantitative estimate of drug-likeness (QED) is 0.556. The fourth-order valence-electron chi connectivity index (χ4n) is 2.93. The van der Waals surface area contributed by atoms with E-state index in [4.69, 9.17) is 27.9 Å². The van der Waals surface area contributed by atoms with Gasteiger partial charge in [0.2, 0.25) is 0 Å². The first-order valence-electron chi connectivity index (χ1n) is 8.45. The number of rotatable bonds is 3. The Morgan fingerprint density at radius 3 is 2.41 bits per heavy atom. The number of sulfonamides is 1. The van der Waals surface area contributed by atoms with Gasteiger partial charge in [0.25, 0.3) is 15.9 Å². The highest BCUT2D eigenvalue weighted by atomic mass is 35.5. The molecule has 0 saturated heterocycles. The number of benzene rings is 3. The summed E-state index contributed by atoms with van der Waals surface area (Å²) in [6.07, 6.45) is 0. The van der Waals surface area contributed by atoms with Gasteiger partial charge in [-0.15, -0.1) is 0 Å². The molecule has 0 aliphatic carbocycles. The summed E-state index contributed by atoms with van der Waals surface area (Å²) in [5, 5.41) is 3.47. The fourth-order valence-corrected chi connectivity index (χ4v) is 4.66. The van der Waals surface area contributed by atoms with Crippen LogP contribution in [0.25, 0.3) is 0 Å². The van der Waals surface area contributed by atoms with E-state index < -0.39 is 15.9 Å². The lowest BCUT2D eigenvalue weighted by Gasteiger charge is -2.13. The Morgan fingerprint density at radius 2 is 1.62 bits per heavy atom. The molecule has 0 bridgehead atoms. The average molecular weight is 449 g/mol. The molecule has 0 saturated carbocycles. The summed E-state index contributed by atoms with van der Waals surface area (Å²) in [4.78, 5) is 12.7. The summed E-state index contributed by atoms with van der Waals surface area (Å²) in [6.45, 7) is 1.67. The first kappa shape index (κ1) is 19.6. The molecule has 29 heavy (non-hydrogen) atoms. The molecular weight excluding hydrogens is 435 g/mol. The Hall–Kier alpha value is -2.74. The van der Waals surface area contributed by atoms with Gasteiger partial charge >= 0.3 is 0 Å². The molecule has 1 aliphatic heterocycles. The van der Waals surface area contributed by atoms with Crippen LogP contribution in [0.1, 0.15) is 15.9 Å². The smallest absolute Gasteiger partial charge is 0.262 e. The van der Waals surface area contributed by atoms with Crippen molar-refractivity contribution in [2.45, 2.75) is 11.8 Å². The molecule has 3 aromatic carbocycles. The lowest BCUT2D eigenvalue weighted by Crippen LogP contribution is -2.15. The maximum Gasteiger partial charge on any atom is 0.262 e. The van der Waals surface area contributed by atoms with Crippen molar-refractivity contribution in [2.24, 2.45) is 0 Å². The Balaban J connectivity index is 1.69. The minimum absolute atomic E-state index is 0.0580. The number of aryl methyl sites for hydroxylation is 1. The van der Waals surface area contributed by atoms with E-state index in [9.17, 15) is 13.2 Å². The summed E-state index contributed by atoms with van der Waals surface area (Å²) in [5.74, 6) is 0.288. The number of carbonyl (C=O) groups excluding carboxylic acids is 1. The molecule has 148 valence electrons. The molecule has 9 heteroatoms. The normalized spacial score (nSPS) is 12.9. The van der Waals surface area contributed by atoms with E-state index in [0.29, 0.717) is 32.8 Å². The molecule has 0 fully saturated rings. The maximum absolute atomic E-state index is 12.8. The number of carbonyl (C=O) groups is 1. The minimum Gasteiger partial charge on any atom is -0.454 e. The van der Waals surface area contributed by atoms with Crippen LogP contribution in [0.4, 0.5) is 11.4 Å². The van der Waals surface area contributed by atoms with Gasteiger partial charge in [-0.05, 0) is 61.0 Å². The van der Waals surface area contributed by atoms with Crippen LogP contribution in [-0.4, -0.2) is 14.3 Å². The Morgan fingerprint density at radius 1 is 0.931 bits per heavy atom. The van der Waals surface area contributed by atoms with Gasteiger partial charge in [0.15, 0.2) is 5.75 Å². The number of anilines is 2. The molecule has 6 nitrogen and oxygen atoms in total. The van der Waals surface area contributed by atoms with Gasteiger partial charge in [0.05, 0.1) is 16.1 Å². The highest BCUT2D eigenvalue weighted by Gasteiger charge is 2.23. The van der Waals surface area contributed by atoms with Crippen LogP contribution in [0, 0.1) is 6.92 Å². The molecule has 1 amide bonds. The summed E-state index contributed by atoms with van der Waals surface area (Å²) < 4.78 is 33.9. The van der Waals surface area contributed by atoms with Crippen molar-refractivity contribution in [3.05, 3.63) is 75.8 Å². The van der Waals surface area contributed by atoms with E-state index >= 15 is 0 Å². The maximum atomic E-state index is 12.8. The van der Waals surface area contributed by atoms with Crippen LogP contribution in [0.2, 0.25) is 10.0 Å². The Bertz CT molecular complexity index is 1260. The third-order valence-corrected chi connectivity index (χ3v) is 6.32. The van der Waals surface area contributed by atoms with Crippen LogP contribution >= 0.6 is 23.2 Å². The third-order valence-electron chi connectivity index (χ3n) is 4.33. The number of nitrogens with one attached hydrogen (secondary N) is 2. The van der Waals surface area contributed by atoms with Crippen molar-refractivity contribution in [3.63, 3.8) is 0 Å². The first-order valence-corrected chi connectivity index (χ1v) is 10.7. The Labute approximate surface area is 177 Å². The SMILES string of the molecule is Cc1ccc(Cl)cc1S(=O)(=O)Nc1ccc2c(c1)C(=O)Nc1cc(Cl)ccc1O2. The van der Waals surface area contributed by atoms with Gasteiger partial charge in [-0.2, -0.15) is 0 Å². The van der Waals surface area contributed by atoms with Crippen LogP contribution in [0.3, 0.4) is 0 Å². The number of halogens is 2. The molecule has 0 aromatic heterocycles. The highest BCUT2D eigenvalue weighted by Crippen LogP contribution is 2.38. The molecule has 1 aliphatic rings. The van der Waals surface area contributed by atoms with Gasteiger partial charge in [0, 0.05) is 15.7 Å². The highest BCUT2D eigenvalue weighted by molar-refractivity contribution is 7.92. The van der Waals surface area contributed by atoms with Gasteiger partial charge in [-0.25, -0.2) is 8.42 Å². The van der Waals surface area contributed by atoms with Crippen LogP contribution < -0.4 is 14.8 Å². The predicted octanol–water partition coefficient (Wildman–Crippen LogP) is 5.46. The largest absolute Gasteiger partial charge is 0.454 e. The average Bonchev–Trinajstić information content (AvgIpc) is 2.79. The number of amides is 1. The van der Waals surface area contributed by atoms with E-state index in [0.717, 1.165) is 0 Å². The van der Waals surface area contributed by atoms with Gasteiger partial charge in [-0.3, -0.25) is 9.52 Å². The third kappa shape index (κ3) is 3.89. The summed E-state index contributed by atoms with van der Waals surface area (Å²) in [7, 11) is -3.90. The molecule has 0 atom stereocenters. The second-order valence-electron chi connectivity index (χ2n) is 6.42. The number of hydrogen-bond donors (Lipinski definition) is 2. The van der Waals surface area contributed by atoms with Crippen LogP contribution in [0.5, 0.6) is 11.5 Å². The van der Waals surface area contributed by atoms with Crippen LogP contribution in [-0.2, 0) is 10.0 Å². The minimum atomic E-state index is -3.90. The van der Waals surface area contributed by atoms with Crippen molar-refractivity contribution in [1.82, 2.24) is 0 Å². The molecule has 0 radical (unpaired) electrons. The zero-order valence-electron chi connectivity index (χ0n) is 15.0. The molecule has 2 N–H and O–H groups in total. The van der Waals surface area contributed by atoms with Gasteiger partial charge < -0.3 is 10.1 Å². The van der Waals surface area contributed by atoms with Gasteiger partial charge in [-0.1, -0.05) is 29.3 Å². The molecule has 1 heterocycles. The number of ether oxygens (including phenoxy) is 1. The van der Waals surface area contributed by atoms with Crippen LogP contribution in [0.15, 0.2) is 59.5 Å². The van der Waals surface area contributed by atoms with E-state index in [1.165, 1.54) is 24.3 Å². The zero-order chi connectivity index (χ0) is 20.8. The van der Waals surface area contributed by atoms with E-state index in [1.54, 1.807) is 37.3 Å². The van der Waals surface area contributed by atoms with E-state index in [1.807, 2.05) is 0 Å². The van der Waals surface area contributed by atoms with Crippen molar-refractivity contribution in [2.75, 3.05) is 10.0 Å². The lowest BCUT2D eigenvalue weighted by molar-refractivity contribution is 0.102. The van der Waals surface area contributed by atoms with Crippen molar-refractivity contribution in [1.29, 1.82) is 0 Å². The first-order chi connectivity index (χ1) is 13.7. The topological polar surface area (TPSA) is 84.5 Å². The molecular formula is C20H14Cl2N2O4S. The summed E-state index contributed by atoms with van der Waals surface area (Å²) >= 11 is 11.9. The van der Waals surface area contributed by atoms with Crippen molar-refractivity contribution < 1.29 is 17.9 Å². The summed E-state index contributed by atoms with van der Waals surface area (Å²) in [6, 6.07) is 13.9. The zero-order valence-corrected chi connectivity index (χ0v) is 17.3. The van der Waals surface area contributed by atoms with Crippen molar-refractivity contribution >= 4 is 50.5 Å². The predicted molar refractivity (Wildman–Crippen MR) is 113 cm³/mol. The van der Waals surface area contributed by atoms with E-state index in [-0.39, 0.29) is 16.1 Å². The number of hydrogen-bond acceptors (Lipinski definition) is 4. The van der Waals surface area contributed by atoms with Gasteiger partial charge in [0.1, 0.15) is 5.75 Å². The second-order valence-corrected chi connectivity index (χ2v) is 8.95.